The van der Waals surface area contributed by atoms with E-state index in [1.807, 2.05) is 26.0 Å². The van der Waals surface area contributed by atoms with Gasteiger partial charge in [0.25, 0.3) is 0 Å². The standard InChI is InChI=1S/C13H13N.C2H6.H2/c14-11-6-4-9(5-7-11)12-3-1-2-10-8-13(10)12;1-2;/h1-7,10,13H,8,14H2;1-2H3;1H. The second-order valence-corrected chi connectivity index (χ2v) is 4.13. The fraction of sp³-hybridized carbons (Fsp3) is 0.333. The molecule has 0 heterocycles. The van der Waals surface area contributed by atoms with Gasteiger partial charge in [0.1, 0.15) is 0 Å². The van der Waals surface area contributed by atoms with Crippen molar-refractivity contribution in [3.05, 3.63) is 48.1 Å². The molecule has 0 amide bonds. The first-order valence-corrected chi connectivity index (χ1v) is 6.09. The highest BCUT2D eigenvalue weighted by molar-refractivity contribution is 5.73. The van der Waals surface area contributed by atoms with Gasteiger partial charge >= 0.3 is 0 Å². The van der Waals surface area contributed by atoms with E-state index in [0.29, 0.717) is 0 Å². The minimum absolute atomic E-state index is 0. The van der Waals surface area contributed by atoms with Gasteiger partial charge in [0.15, 0.2) is 0 Å². The van der Waals surface area contributed by atoms with Gasteiger partial charge in [-0.15, -0.1) is 0 Å². The van der Waals surface area contributed by atoms with Crippen molar-refractivity contribution in [3.63, 3.8) is 0 Å². The third kappa shape index (κ3) is 2.04. The first-order valence-electron chi connectivity index (χ1n) is 6.09. The largest absolute Gasteiger partial charge is 0.399 e. The maximum atomic E-state index is 5.67. The Morgan fingerprint density at radius 2 is 1.88 bits per heavy atom. The topological polar surface area (TPSA) is 26.0 Å². The summed E-state index contributed by atoms with van der Waals surface area (Å²) < 4.78 is 0. The zero-order valence-corrected chi connectivity index (χ0v) is 9.98. The summed E-state index contributed by atoms with van der Waals surface area (Å²) in [7, 11) is 0. The fourth-order valence-corrected chi connectivity index (χ4v) is 2.20. The van der Waals surface area contributed by atoms with Gasteiger partial charge in [0.2, 0.25) is 0 Å². The van der Waals surface area contributed by atoms with Gasteiger partial charge in [0, 0.05) is 7.11 Å². The van der Waals surface area contributed by atoms with Crippen molar-refractivity contribution in [1.82, 2.24) is 0 Å². The molecule has 0 bridgehead atoms. The molecule has 86 valence electrons. The van der Waals surface area contributed by atoms with Crippen LogP contribution in [0.4, 0.5) is 5.69 Å². The van der Waals surface area contributed by atoms with E-state index in [1.165, 1.54) is 17.6 Å². The van der Waals surface area contributed by atoms with Crippen molar-refractivity contribution < 1.29 is 1.43 Å². The molecule has 0 aromatic heterocycles. The molecule has 1 saturated carbocycles. The van der Waals surface area contributed by atoms with Crippen LogP contribution >= 0.6 is 0 Å². The van der Waals surface area contributed by atoms with E-state index in [0.717, 1.165) is 17.5 Å². The van der Waals surface area contributed by atoms with E-state index < -0.39 is 0 Å². The molecule has 1 fully saturated rings. The number of allylic oxidation sites excluding steroid dienone is 4. The molecule has 16 heavy (non-hydrogen) atoms. The van der Waals surface area contributed by atoms with E-state index in [1.54, 1.807) is 0 Å². The zero-order valence-electron chi connectivity index (χ0n) is 9.98. The summed E-state index contributed by atoms with van der Waals surface area (Å²) in [6, 6.07) is 8.20. The van der Waals surface area contributed by atoms with Gasteiger partial charge in [-0.25, -0.2) is 0 Å². The van der Waals surface area contributed by atoms with Crippen LogP contribution < -0.4 is 5.73 Å². The maximum Gasteiger partial charge on any atom is 0.0314 e. The summed E-state index contributed by atoms with van der Waals surface area (Å²) >= 11 is 0. The minimum atomic E-state index is 0. The lowest BCUT2D eigenvalue weighted by molar-refractivity contribution is 0.999. The SMILES string of the molecule is CC.Nc1ccc(C2=CC=CC3CC23)cc1.[HH]. The molecule has 2 N–H and O–H groups in total. The Morgan fingerprint density at radius 3 is 2.56 bits per heavy atom. The number of fused-ring (bicyclic) bond motifs is 1. The number of benzene rings is 1. The Labute approximate surface area is 99.2 Å². The smallest absolute Gasteiger partial charge is 0.0314 e. The molecule has 2 unspecified atom stereocenters. The normalized spacial score (nSPS) is 25.0. The van der Waals surface area contributed by atoms with Crippen molar-refractivity contribution in [2.24, 2.45) is 11.8 Å². The van der Waals surface area contributed by atoms with E-state index in [9.17, 15) is 0 Å². The van der Waals surface area contributed by atoms with Crippen LogP contribution in [0.2, 0.25) is 0 Å². The summed E-state index contributed by atoms with van der Waals surface area (Å²) in [4.78, 5) is 0. The van der Waals surface area contributed by atoms with E-state index in [2.05, 4.69) is 30.4 Å². The van der Waals surface area contributed by atoms with Crippen LogP contribution in [0.1, 0.15) is 27.3 Å². The van der Waals surface area contributed by atoms with Crippen LogP contribution in [0.5, 0.6) is 0 Å². The molecule has 2 aliphatic carbocycles. The summed E-state index contributed by atoms with van der Waals surface area (Å²) in [5.74, 6) is 1.59. The second kappa shape index (κ2) is 4.56. The fourth-order valence-electron chi connectivity index (χ4n) is 2.20. The first-order chi connectivity index (χ1) is 7.84. The lowest BCUT2D eigenvalue weighted by atomic mass is 9.97. The third-order valence-electron chi connectivity index (χ3n) is 3.12. The van der Waals surface area contributed by atoms with Crippen molar-refractivity contribution >= 4 is 11.3 Å². The number of hydrogen-bond acceptors (Lipinski definition) is 1. The Hall–Kier alpha value is -1.50. The summed E-state index contributed by atoms with van der Waals surface area (Å²) in [6.45, 7) is 4.00. The molecule has 1 aromatic carbocycles. The molecule has 2 atom stereocenters. The van der Waals surface area contributed by atoms with Crippen molar-refractivity contribution in [1.29, 1.82) is 0 Å². The molecule has 1 heteroatoms. The molecule has 1 aromatic rings. The Kier molecular flexibility index (Phi) is 3.14. The average Bonchev–Trinajstić information content (AvgIpc) is 3.11. The molecule has 0 saturated heterocycles. The zero-order chi connectivity index (χ0) is 11.5. The van der Waals surface area contributed by atoms with Crippen LogP contribution in [0.3, 0.4) is 0 Å². The van der Waals surface area contributed by atoms with Crippen LogP contribution in [0.15, 0.2) is 42.5 Å². The lowest BCUT2D eigenvalue weighted by Gasteiger charge is -2.09. The van der Waals surface area contributed by atoms with Gasteiger partial charge in [-0.2, -0.15) is 0 Å². The molecule has 0 spiro atoms. The monoisotopic (exact) mass is 215 g/mol. The second-order valence-electron chi connectivity index (χ2n) is 4.13. The Balaban J connectivity index is 0.000000459. The summed E-state index contributed by atoms with van der Waals surface area (Å²) in [6.07, 6.45) is 8.05. The van der Waals surface area contributed by atoms with Crippen molar-refractivity contribution in [2.75, 3.05) is 5.73 Å². The van der Waals surface area contributed by atoms with Crippen LogP contribution in [-0.2, 0) is 0 Å². The van der Waals surface area contributed by atoms with Crippen molar-refractivity contribution in [2.45, 2.75) is 20.3 Å². The number of nitrogen functional groups attached to an aromatic ring is 1. The predicted octanol–water partition coefficient (Wildman–Crippen LogP) is 4.13. The quantitative estimate of drug-likeness (QED) is 0.700. The Morgan fingerprint density at radius 1 is 1.19 bits per heavy atom. The summed E-state index contributed by atoms with van der Waals surface area (Å²) in [5, 5.41) is 0. The number of anilines is 1. The van der Waals surface area contributed by atoms with Gasteiger partial charge in [-0.1, -0.05) is 44.2 Å². The molecule has 1 nitrogen and oxygen atoms in total. The molecule has 2 aliphatic rings. The number of hydrogen-bond donors (Lipinski definition) is 1. The number of rotatable bonds is 1. The minimum Gasteiger partial charge on any atom is -0.399 e. The number of nitrogens with two attached hydrogens (primary N) is 1. The predicted molar refractivity (Wildman–Crippen MR) is 73.0 cm³/mol. The van der Waals surface area contributed by atoms with Gasteiger partial charge < -0.3 is 5.73 Å². The average molecular weight is 215 g/mol. The van der Waals surface area contributed by atoms with E-state index >= 15 is 0 Å². The van der Waals surface area contributed by atoms with Crippen molar-refractivity contribution in [3.8, 4) is 0 Å². The van der Waals surface area contributed by atoms with E-state index in [4.69, 9.17) is 5.73 Å². The van der Waals surface area contributed by atoms with Gasteiger partial charge in [-0.3, -0.25) is 0 Å². The highest BCUT2D eigenvalue weighted by atomic mass is 14.5. The van der Waals surface area contributed by atoms with Gasteiger partial charge in [-0.05, 0) is 41.5 Å². The van der Waals surface area contributed by atoms with Gasteiger partial charge in [0.05, 0.1) is 0 Å². The molecule has 3 rings (SSSR count). The maximum absolute atomic E-state index is 5.67. The van der Waals surface area contributed by atoms with E-state index in [-0.39, 0.29) is 1.43 Å². The highest BCUT2D eigenvalue weighted by Crippen LogP contribution is 2.50. The molecule has 0 aliphatic heterocycles. The Bertz CT molecular complexity index is 417. The lowest BCUT2D eigenvalue weighted by Crippen LogP contribution is -1.92. The van der Waals surface area contributed by atoms with Crippen LogP contribution in [0, 0.1) is 11.8 Å². The third-order valence-corrected chi connectivity index (χ3v) is 3.12. The molecular weight excluding hydrogens is 194 g/mol. The first kappa shape index (κ1) is 11.0. The molecular formula is C15H21N. The van der Waals surface area contributed by atoms with Crippen LogP contribution in [0.25, 0.3) is 5.57 Å². The summed E-state index contributed by atoms with van der Waals surface area (Å²) in [5.41, 5.74) is 9.32. The molecule has 0 radical (unpaired) electrons. The highest BCUT2D eigenvalue weighted by Gasteiger charge is 2.39. The van der Waals surface area contributed by atoms with Crippen LogP contribution in [-0.4, -0.2) is 0 Å².